The van der Waals surface area contributed by atoms with E-state index in [1.807, 2.05) is 27.0 Å². The molecular formula is C20H37N3O4S. The molecule has 0 spiro atoms. The lowest BCUT2D eigenvalue weighted by atomic mass is 9.84. The van der Waals surface area contributed by atoms with Gasteiger partial charge in [-0.1, -0.05) is 62.0 Å². The smallest absolute Gasteiger partial charge is 0.338 e. The molecular weight excluding hydrogens is 378 g/mol. The number of nitrogens with one attached hydrogen (secondary N) is 1. The second-order valence-electron chi connectivity index (χ2n) is 8.44. The van der Waals surface area contributed by atoms with Gasteiger partial charge in [0.2, 0.25) is 0 Å². The number of carbonyl (C=O) groups is 2. The van der Waals surface area contributed by atoms with Crippen LogP contribution in [0.1, 0.15) is 78.6 Å². The maximum atomic E-state index is 12.5. The van der Waals surface area contributed by atoms with E-state index in [2.05, 4.69) is 9.88 Å². The molecule has 162 valence electrons. The topological polar surface area (TPSA) is 103 Å². The normalized spacial score (nSPS) is 17.2. The Labute approximate surface area is 173 Å². The lowest BCUT2D eigenvalue weighted by molar-refractivity contribution is -0.161. The molecule has 1 aliphatic rings. The minimum atomic E-state index is -0.584. The highest BCUT2D eigenvalue weighted by Crippen LogP contribution is 2.29. The number of hydrogen-bond donors (Lipinski definition) is 2. The van der Waals surface area contributed by atoms with Crippen molar-refractivity contribution < 1.29 is 19.2 Å². The van der Waals surface area contributed by atoms with Crippen molar-refractivity contribution in [3.05, 3.63) is 0 Å². The molecule has 1 fully saturated rings. The summed E-state index contributed by atoms with van der Waals surface area (Å²) < 4.78 is 8.30. The van der Waals surface area contributed by atoms with E-state index in [1.165, 1.54) is 44.1 Å². The molecule has 0 unspecified atom stereocenters. The zero-order valence-corrected chi connectivity index (χ0v) is 18.6. The Bertz CT molecular complexity index is 514. The summed E-state index contributed by atoms with van der Waals surface area (Å²) in [7, 11) is 0. The van der Waals surface area contributed by atoms with Crippen molar-refractivity contribution in [3.63, 3.8) is 0 Å². The van der Waals surface area contributed by atoms with Crippen LogP contribution >= 0.6 is 11.9 Å². The summed E-state index contributed by atoms with van der Waals surface area (Å²) >= 11 is 1.40. The molecule has 0 aliphatic heterocycles. The number of ether oxygens (including phenoxy) is 1. The highest BCUT2D eigenvalue weighted by molar-refractivity contribution is 7.96. The molecule has 7 nitrogen and oxygen atoms in total. The number of carbonyl (C=O) groups excluding carboxylic acids is 2. The van der Waals surface area contributed by atoms with Crippen LogP contribution in [0.4, 0.5) is 0 Å². The first-order chi connectivity index (χ1) is 13.2. The molecule has 0 amide bonds. The fourth-order valence-corrected chi connectivity index (χ4v) is 3.67. The third-order valence-corrected chi connectivity index (χ3v) is 5.14. The minimum Gasteiger partial charge on any atom is -0.460 e. The van der Waals surface area contributed by atoms with Gasteiger partial charge in [0.1, 0.15) is 5.60 Å². The van der Waals surface area contributed by atoms with E-state index in [0.717, 1.165) is 18.8 Å². The summed E-state index contributed by atoms with van der Waals surface area (Å²) in [6.07, 6.45) is 10.9. The Hall–Kier alpha value is -1.28. The number of hydrogen-bond acceptors (Lipinski definition) is 7. The number of nitrogens with zero attached hydrogens (tertiary/aromatic N) is 1. The third-order valence-electron chi connectivity index (χ3n) is 4.71. The van der Waals surface area contributed by atoms with Gasteiger partial charge in [-0.15, -0.1) is 0 Å². The molecule has 3 N–H and O–H groups in total. The molecule has 1 aliphatic carbocycles. The van der Waals surface area contributed by atoms with Crippen molar-refractivity contribution in [2.45, 2.75) is 84.2 Å². The summed E-state index contributed by atoms with van der Waals surface area (Å²) in [5, 5.41) is 3.68. The molecule has 1 saturated carbocycles. The van der Waals surface area contributed by atoms with Crippen LogP contribution in [0.5, 0.6) is 0 Å². The summed E-state index contributed by atoms with van der Waals surface area (Å²) in [4.78, 5) is 29.7. The van der Waals surface area contributed by atoms with Crippen LogP contribution < -0.4 is 10.5 Å². The van der Waals surface area contributed by atoms with Gasteiger partial charge in [-0.3, -0.25) is 9.52 Å². The third kappa shape index (κ3) is 11.5. The van der Waals surface area contributed by atoms with Gasteiger partial charge in [-0.25, -0.2) is 4.79 Å². The Balaban J connectivity index is 2.59. The van der Waals surface area contributed by atoms with Crippen LogP contribution in [0.15, 0.2) is 5.16 Å². The van der Waals surface area contributed by atoms with Crippen molar-refractivity contribution >= 4 is 29.7 Å². The number of oxime groups is 1. The van der Waals surface area contributed by atoms with Gasteiger partial charge in [0.15, 0.2) is 5.84 Å². The first kappa shape index (κ1) is 24.8. The second kappa shape index (κ2) is 13.0. The number of nitrogens with two attached hydrogens (primary N) is 1. The van der Waals surface area contributed by atoms with E-state index in [9.17, 15) is 9.59 Å². The van der Waals surface area contributed by atoms with Gasteiger partial charge < -0.3 is 15.3 Å². The zero-order chi connectivity index (χ0) is 21.0. The lowest BCUT2D eigenvalue weighted by Crippen LogP contribution is -2.29. The van der Waals surface area contributed by atoms with Crippen LogP contribution in [0, 0.1) is 11.8 Å². The van der Waals surface area contributed by atoms with Crippen molar-refractivity contribution in [1.82, 2.24) is 4.72 Å². The standard InChI is InChI=1S/C20H37N3O4S/c1-20(2,3)26-18(24)13-16(12-8-11-15-9-6-5-7-10-15)19(25)27-23-17(21)14-22-28-4/h15-16,22H,5-14H2,1-4H3,(H2,21,23)/t16-/m1/s1. The van der Waals surface area contributed by atoms with E-state index in [4.69, 9.17) is 15.3 Å². The van der Waals surface area contributed by atoms with E-state index in [-0.39, 0.29) is 12.3 Å². The van der Waals surface area contributed by atoms with Crippen molar-refractivity contribution in [2.24, 2.45) is 22.7 Å². The predicted molar refractivity (Wildman–Crippen MR) is 114 cm³/mol. The molecule has 8 heteroatoms. The van der Waals surface area contributed by atoms with E-state index in [0.29, 0.717) is 13.0 Å². The SMILES string of the molecule is CSNC/C(N)=N/OC(=O)[C@H](CCCC1CCCCC1)CC(=O)OC(C)(C)C. The maximum absolute atomic E-state index is 12.5. The highest BCUT2D eigenvalue weighted by Gasteiger charge is 2.27. The van der Waals surface area contributed by atoms with Gasteiger partial charge in [0.05, 0.1) is 18.9 Å². The quantitative estimate of drug-likeness (QED) is 0.132. The van der Waals surface area contributed by atoms with Crippen LogP contribution in [0.25, 0.3) is 0 Å². The van der Waals surface area contributed by atoms with Crippen LogP contribution in [0.2, 0.25) is 0 Å². The number of rotatable bonds is 11. The van der Waals surface area contributed by atoms with Crippen molar-refractivity contribution in [3.8, 4) is 0 Å². The van der Waals surface area contributed by atoms with Gasteiger partial charge in [0, 0.05) is 0 Å². The van der Waals surface area contributed by atoms with E-state index < -0.39 is 23.5 Å². The van der Waals surface area contributed by atoms with Crippen LogP contribution in [-0.2, 0) is 19.2 Å². The minimum absolute atomic E-state index is 0.000737. The molecule has 1 atom stereocenters. The van der Waals surface area contributed by atoms with Gasteiger partial charge in [-0.2, -0.15) is 0 Å². The summed E-state index contributed by atoms with van der Waals surface area (Å²) in [6.45, 7) is 5.74. The molecule has 28 heavy (non-hydrogen) atoms. The average molecular weight is 416 g/mol. The van der Waals surface area contributed by atoms with Crippen molar-refractivity contribution in [1.29, 1.82) is 0 Å². The lowest BCUT2D eigenvalue weighted by Gasteiger charge is -2.23. The van der Waals surface area contributed by atoms with Crippen LogP contribution in [0.3, 0.4) is 0 Å². The first-order valence-corrected chi connectivity index (χ1v) is 11.4. The number of amidine groups is 1. The van der Waals surface area contributed by atoms with E-state index in [1.54, 1.807) is 0 Å². The fraction of sp³-hybridized carbons (Fsp3) is 0.850. The molecule has 0 heterocycles. The Kier molecular flexibility index (Phi) is 11.5. The van der Waals surface area contributed by atoms with Gasteiger partial charge >= 0.3 is 11.9 Å². The molecule has 0 bridgehead atoms. The Morgan fingerprint density at radius 2 is 1.93 bits per heavy atom. The van der Waals surface area contributed by atoms with Gasteiger partial charge in [-0.05, 0) is 39.4 Å². The van der Waals surface area contributed by atoms with Crippen molar-refractivity contribution in [2.75, 3.05) is 12.8 Å². The molecule has 0 radical (unpaired) electrons. The monoisotopic (exact) mass is 415 g/mol. The van der Waals surface area contributed by atoms with E-state index >= 15 is 0 Å². The largest absolute Gasteiger partial charge is 0.460 e. The molecule has 0 aromatic carbocycles. The summed E-state index contributed by atoms with van der Waals surface area (Å²) in [5.41, 5.74) is 5.11. The molecule has 0 aromatic rings. The predicted octanol–water partition coefficient (Wildman–Crippen LogP) is 3.77. The Morgan fingerprint density at radius 1 is 1.25 bits per heavy atom. The van der Waals surface area contributed by atoms with Crippen LogP contribution in [-0.4, -0.2) is 36.2 Å². The summed E-state index contributed by atoms with van der Waals surface area (Å²) in [5.74, 6) is -0.572. The average Bonchev–Trinajstić information content (AvgIpc) is 2.63. The number of esters is 1. The molecule has 0 aromatic heterocycles. The zero-order valence-electron chi connectivity index (χ0n) is 17.8. The Morgan fingerprint density at radius 3 is 2.54 bits per heavy atom. The maximum Gasteiger partial charge on any atom is 0.338 e. The summed E-state index contributed by atoms with van der Waals surface area (Å²) in [6, 6.07) is 0. The van der Waals surface area contributed by atoms with Gasteiger partial charge in [0.25, 0.3) is 0 Å². The fourth-order valence-electron chi connectivity index (χ4n) is 3.37. The highest BCUT2D eigenvalue weighted by atomic mass is 32.2. The molecule has 1 rings (SSSR count). The second-order valence-corrected chi connectivity index (χ2v) is 9.14. The molecule has 0 saturated heterocycles. The first-order valence-electron chi connectivity index (χ1n) is 10.2.